The topological polar surface area (TPSA) is 17.1 Å². The van der Waals surface area contributed by atoms with Crippen molar-refractivity contribution in [2.75, 3.05) is 0 Å². The molecule has 11 heavy (non-hydrogen) atoms. The molecule has 62 valence electrons. The average Bonchev–Trinajstić information content (AvgIpc) is 2.37. The molecule has 1 atom stereocenters. The van der Waals surface area contributed by atoms with E-state index in [1.807, 2.05) is 6.92 Å². The first-order valence-electron chi connectivity index (χ1n) is 4.48. The first kappa shape index (κ1) is 8.51. The van der Waals surface area contributed by atoms with Crippen LogP contribution < -0.4 is 0 Å². The van der Waals surface area contributed by atoms with Gasteiger partial charge in [-0.2, -0.15) is 0 Å². The number of hydrogen-bond acceptors (Lipinski definition) is 1. The lowest BCUT2D eigenvalue weighted by Gasteiger charge is -2.03. The lowest BCUT2D eigenvalue weighted by molar-refractivity contribution is -0.120. The predicted molar refractivity (Wildman–Crippen MR) is 46.4 cm³/mol. The third-order valence-corrected chi connectivity index (χ3v) is 2.35. The van der Waals surface area contributed by atoms with Crippen molar-refractivity contribution < 1.29 is 4.79 Å². The smallest absolute Gasteiger partial charge is 0.135 e. The molecule has 0 N–H and O–H groups in total. The summed E-state index contributed by atoms with van der Waals surface area (Å²) in [6.07, 6.45) is 9.44. The van der Waals surface area contributed by atoms with Crippen molar-refractivity contribution >= 4 is 5.78 Å². The number of rotatable bonds is 3. The van der Waals surface area contributed by atoms with Crippen molar-refractivity contribution in [2.24, 2.45) is 5.92 Å². The number of carbonyl (C=O) groups is 1. The highest BCUT2D eigenvalue weighted by atomic mass is 16.1. The third kappa shape index (κ3) is 2.49. The Morgan fingerprint density at radius 2 is 2.45 bits per heavy atom. The van der Waals surface area contributed by atoms with Gasteiger partial charge in [0, 0.05) is 12.3 Å². The van der Waals surface area contributed by atoms with Crippen LogP contribution in [0.25, 0.3) is 0 Å². The molecule has 0 amide bonds. The van der Waals surface area contributed by atoms with Gasteiger partial charge in [-0.15, -0.1) is 0 Å². The van der Waals surface area contributed by atoms with Crippen molar-refractivity contribution in [3.05, 3.63) is 12.2 Å². The minimum Gasteiger partial charge on any atom is -0.299 e. The molecular formula is C10H16O. The zero-order valence-corrected chi connectivity index (χ0v) is 7.18. The molecule has 0 spiro atoms. The highest BCUT2D eigenvalue weighted by molar-refractivity contribution is 5.82. The van der Waals surface area contributed by atoms with Gasteiger partial charge in [-0.1, -0.05) is 12.2 Å². The van der Waals surface area contributed by atoms with Crippen molar-refractivity contribution in [3.8, 4) is 0 Å². The van der Waals surface area contributed by atoms with E-state index in [9.17, 15) is 4.79 Å². The molecule has 1 heteroatoms. The second-order valence-corrected chi connectivity index (χ2v) is 3.20. The molecule has 1 aliphatic rings. The van der Waals surface area contributed by atoms with Crippen LogP contribution >= 0.6 is 0 Å². The van der Waals surface area contributed by atoms with Crippen LogP contribution in [-0.2, 0) is 4.79 Å². The summed E-state index contributed by atoms with van der Waals surface area (Å²) >= 11 is 0. The van der Waals surface area contributed by atoms with Crippen LogP contribution in [0.2, 0.25) is 0 Å². The van der Waals surface area contributed by atoms with Crippen LogP contribution in [0.4, 0.5) is 0 Å². The Morgan fingerprint density at radius 1 is 1.64 bits per heavy atom. The Hall–Kier alpha value is -0.590. The molecule has 0 aromatic rings. The van der Waals surface area contributed by atoms with E-state index in [4.69, 9.17) is 0 Å². The monoisotopic (exact) mass is 152 g/mol. The molecule has 0 aliphatic heterocycles. The maximum atomic E-state index is 11.1. The standard InChI is InChI=1S/C10H16O/c1-2-3-4-6-9-7-5-8-10(9)11/h2-3,9H,4-8H2,1H3/b3-2+. The summed E-state index contributed by atoms with van der Waals surface area (Å²) in [6.45, 7) is 2.02. The normalized spacial score (nSPS) is 25.2. The van der Waals surface area contributed by atoms with Crippen LogP contribution in [0, 0.1) is 5.92 Å². The second kappa shape index (κ2) is 4.32. The summed E-state index contributed by atoms with van der Waals surface area (Å²) in [5.74, 6) is 0.890. The first-order chi connectivity index (χ1) is 5.34. The Labute approximate surface area is 68.5 Å². The lowest BCUT2D eigenvalue weighted by atomic mass is 10.0. The molecule has 0 aromatic carbocycles. The van der Waals surface area contributed by atoms with Gasteiger partial charge in [-0.3, -0.25) is 4.79 Å². The average molecular weight is 152 g/mol. The Kier molecular flexibility index (Phi) is 3.34. The predicted octanol–water partition coefficient (Wildman–Crippen LogP) is 2.71. The quantitative estimate of drug-likeness (QED) is 0.568. The fraction of sp³-hybridized carbons (Fsp3) is 0.700. The Bertz CT molecular complexity index is 158. The first-order valence-corrected chi connectivity index (χ1v) is 4.48. The molecule has 0 heterocycles. The molecule has 1 saturated carbocycles. The molecule has 1 nitrogen and oxygen atoms in total. The van der Waals surface area contributed by atoms with Gasteiger partial charge in [0.2, 0.25) is 0 Å². The summed E-state index contributed by atoms with van der Waals surface area (Å²) in [5, 5.41) is 0. The maximum absolute atomic E-state index is 11.1. The van der Waals surface area contributed by atoms with Crippen LogP contribution in [0.1, 0.15) is 39.0 Å². The maximum Gasteiger partial charge on any atom is 0.135 e. The van der Waals surface area contributed by atoms with Crippen LogP contribution in [0.15, 0.2) is 12.2 Å². The fourth-order valence-electron chi connectivity index (χ4n) is 1.66. The zero-order valence-electron chi connectivity index (χ0n) is 7.18. The lowest BCUT2D eigenvalue weighted by Crippen LogP contribution is -2.04. The van der Waals surface area contributed by atoms with Crippen molar-refractivity contribution in [3.63, 3.8) is 0 Å². The van der Waals surface area contributed by atoms with Gasteiger partial charge in [0.15, 0.2) is 0 Å². The zero-order chi connectivity index (χ0) is 8.10. The van der Waals surface area contributed by atoms with E-state index in [2.05, 4.69) is 12.2 Å². The van der Waals surface area contributed by atoms with E-state index in [0.717, 1.165) is 32.1 Å². The molecule has 0 radical (unpaired) electrons. The van der Waals surface area contributed by atoms with Gasteiger partial charge in [0.1, 0.15) is 5.78 Å². The third-order valence-electron chi connectivity index (χ3n) is 2.35. The fourth-order valence-corrected chi connectivity index (χ4v) is 1.66. The minimum absolute atomic E-state index is 0.395. The van der Waals surface area contributed by atoms with Crippen LogP contribution in [0.3, 0.4) is 0 Å². The highest BCUT2D eigenvalue weighted by Crippen LogP contribution is 2.25. The summed E-state index contributed by atoms with van der Waals surface area (Å²) in [4.78, 5) is 11.1. The van der Waals surface area contributed by atoms with Crippen LogP contribution in [-0.4, -0.2) is 5.78 Å². The minimum atomic E-state index is 0.395. The summed E-state index contributed by atoms with van der Waals surface area (Å²) in [5.41, 5.74) is 0. The molecule has 0 aromatic heterocycles. The summed E-state index contributed by atoms with van der Waals surface area (Å²) in [6, 6.07) is 0. The molecular weight excluding hydrogens is 136 g/mol. The summed E-state index contributed by atoms with van der Waals surface area (Å²) < 4.78 is 0. The van der Waals surface area contributed by atoms with E-state index < -0.39 is 0 Å². The molecule has 1 aliphatic carbocycles. The number of ketones is 1. The van der Waals surface area contributed by atoms with E-state index >= 15 is 0 Å². The number of carbonyl (C=O) groups excluding carboxylic acids is 1. The molecule has 1 unspecified atom stereocenters. The number of Topliss-reactive ketones (excluding diaryl/α,β-unsaturated/α-hetero) is 1. The Morgan fingerprint density at radius 3 is 3.00 bits per heavy atom. The van der Waals surface area contributed by atoms with Crippen LogP contribution in [0.5, 0.6) is 0 Å². The molecule has 0 saturated heterocycles. The van der Waals surface area contributed by atoms with Crippen molar-refractivity contribution in [2.45, 2.75) is 39.0 Å². The SMILES string of the molecule is C/C=C/CCC1CCCC1=O. The van der Waals surface area contributed by atoms with Gasteiger partial charge < -0.3 is 0 Å². The van der Waals surface area contributed by atoms with Crippen molar-refractivity contribution in [1.82, 2.24) is 0 Å². The largest absolute Gasteiger partial charge is 0.299 e. The number of allylic oxidation sites excluding steroid dienone is 2. The van der Waals surface area contributed by atoms with Gasteiger partial charge in [-0.25, -0.2) is 0 Å². The van der Waals surface area contributed by atoms with E-state index in [-0.39, 0.29) is 0 Å². The van der Waals surface area contributed by atoms with Gasteiger partial charge >= 0.3 is 0 Å². The number of hydrogen-bond donors (Lipinski definition) is 0. The summed E-state index contributed by atoms with van der Waals surface area (Å²) in [7, 11) is 0. The van der Waals surface area contributed by atoms with E-state index in [0.29, 0.717) is 11.7 Å². The Balaban J connectivity index is 2.20. The van der Waals surface area contributed by atoms with E-state index in [1.54, 1.807) is 0 Å². The van der Waals surface area contributed by atoms with E-state index in [1.165, 1.54) is 0 Å². The molecule has 1 rings (SSSR count). The highest BCUT2D eigenvalue weighted by Gasteiger charge is 2.22. The van der Waals surface area contributed by atoms with Gasteiger partial charge in [0.25, 0.3) is 0 Å². The van der Waals surface area contributed by atoms with Gasteiger partial charge in [-0.05, 0) is 32.6 Å². The molecule has 0 bridgehead atoms. The second-order valence-electron chi connectivity index (χ2n) is 3.20. The van der Waals surface area contributed by atoms with Crippen molar-refractivity contribution in [1.29, 1.82) is 0 Å². The molecule has 1 fully saturated rings. The van der Waals surface area contributed by atoms with Gasteiger partial charge in [0.05, 0.1) is 0 Å².